The molecular weight excluding hydrogens is 165 g/mol. The number of nitrogens with two attached hydrogens (primary N) is 1. The van der Waals surface area contributed by atoms with Crippen molar-refractivity contribution in [3.8, 4) is 0 Å². The van der Waals surface area contributed by atoms with E-state index in [4.69, 9.17) is 10.8 Å². The fourth-order valence-corrected chi connectivity index (χ4v) is 0.715. The van der Waals surface area contributed by atoms with Crippen molar-refractivity contribution in [1.29, 1.82) is 0 Å². The van der Waals surface area contributed by atoms with Gasteiger partial charge in [-0.2, -0.15) is 0 Å². The van der Waals surface area contributed by atoms with Crippen molar-refractivity contribution in [1.82, 2.24) is 9.97 Å². The average molecular weight is 175 g/mol. The van der Waals surface area contributed by atoms with E-state index in [0.717, 1.165) is 0 Å². The number of carbonyl (C=O) groups is 1. The maximum absolute atomic E-state index is 10.3. The summed E-state index contributed by atoms with van der Waals surface area (Å²) in [6.45, 7) is 0. The van der Waals surface area contributed by atoms with Gasteiger partial charge in [-0.05, 0) is 0 Å². The number of carboxylic acids is 1. The summed E-state index contributed by atoms with van der Waals surface area (Å²) in [4.78, 5) is 16.8. The van der Waals surface area contributed by atoms with Gasteiger partial charge < -0.3 is 15.8 Å². The molecule has 4 N–H and O–H groups in total. The largest absolute Gasteiger partial charge is 0.480 e. The van der Waals surface area contributed by atoms with Crippen molar-refractivity contribution in [2.45, 2.75) is 12.5 Å². The third-order valence-electron chi connectivity index (χ3n) is 1.30. The minimum absolute atomic E-state index is 0. The van der Waals surface area contributed by atoms with E-state index in [1.54, 1.807) is 6.20 Å². The molecule has 0 spiro atoms. The maximum atomic E-state index is 10.3. The number of carboxylic acid groups (broad SMARTS) is 1. The van der Waals surface area contributed by atoms with Crippen LogP contribution in [0.2, 0.25) is 0 Å². The van der Waals surface area contributed by atoms with Crippen LogP contribution in [-0.4, -0.2) is 27.1 Å². The first-order chi connectivity index (χ1) is 5.20. The Balaban J connectivity index is 0.00000121. The molecule has 1 aromatic rings. The van der Waals surface area contributed by atoms with Gasteiger partial charge in [-0.15, -0.1) is 0 Å². The molecule has 1 heterocycles. The molecule has 0 amide bonds. The molecule has 0 aliphatic rings. The van der Waals surface area contributed by atoms with Gasteiger partial charge in [-0.25, -0.2) is 4.98 Å². The monoisotopic (exact) mass is 175 g/mol. The number of hydrogen-bond donors (Lipinski definition) is 3. The number of hydrogen-bond acceptors (Lipinski definition) is 3. The molecular formula is C6H10FN3O2. The Morgan fingerprint density at radius 2 is 2.50 bits per heavy atom. The molecule has 0 aromatic carbocycles. The number of halogens is 1. The van der Waals surface area contributed by atoms with Crippen LogP contribution in [0.25, 0.3) is 0 Å². The van der Waals surface area contributed by atoms with Crippen LogP contribution in [0.1, 0.15) is 5.69 Å². The van der Waals surface area contributed by atoms with Crippen molar-refractivity contribution < 1.29 is 14.6 Å². The van der Waals surface area contributed by atoms with E-state index in [2.05, 4.69) is 9.97 Å². The zero-order valence-electron chi connectivity index (χ0n) is 6.23. The van der Waals surface area contributed by atoms with E-state index >= 15 is 0 Å². The lowest BCUT2D eigenvalue weighted by molar-refractivity contribution is -0.138. The lowest BCUT2D eigenvalue weighted by Crippen LogP contribution is -2.32. The molecule has 68 valence electrons. The Morgan fingerprint density at radius 1 is 1.83 bits per heavy atom. The summed E-state index contributed by atoms with van der Waals surface area (Å²) in [5.41, 5.74) is 5.92. The molecule has 1 atom stereocenters. The fourth-order valence-electron chi connectivity index (χ4n) is 0.715. The lowest BCUT2D eigenvalue weighted by Gasteiger charge is -2.01. The van der Waals surface area contributed by atoms with Crippen LogP contribution in [-0.2, 0) is 11.2 Å². The van der Waals surface area contributed by atoms with Crippen molar-refractivity contribution in [2.75, 3.05) is 0 Å². The second-order valence-electron chi connectivity index (χ2n) is 2.21. The molecule has 0 radical (unpaired) electrons. The van der Waals surface area contributed by atoms with Crippen molar-refractivity contribution in [2.24, 2.45) is 5.73 Å². The highest BCUT2D eigenvalue weighted by Crippen LogP contribution is 1.95. The molecule has 0 aliphatic carbocycles. The van der Waals surface area contributed by atoms with Gasteiger partial charge in [0.1, 0.15) is 6.04 Å². The van der Waals surface area contributed by atoms with Crippen molar-refractivity contribution in [3.63, 3.8) is 0 Å². The standard InChI is InChI=1S/C6H9N3O2.FH/c7-5(6(10)11)1-4-2-8-3-9-4;/h2-3,5H,1,7H2,(H,8,9)(H,10,11);1H. The molecule has 1 rings (SSSR count). The van der Waals surface area contributed by atoms with E-state index in [9.17, 15) is 4.79 Å². The summed E-state index contributed by atoms with van der Waals surface area (Å²) in [5, 5.41) is 8.42. The van der Waals surface area contributed by atoms with Crippen molar-refractivity contribution in [3.05, 3.63) is 18.2 Å². The number of nitrogens with one attached hydrogen (secondary N) is 1. The van der Waals surface area contributed by atoms with Gasteiger partial charge in [0, 0.05) is 12.6 Å². The Hall–Kier alpha value is -1.43. The minimum atomic E-state index is -1.01. The van der Waals surface area contributed by atoms with Crippen LogP contribution in [0.5, 0.6) is 0 Å². The molecule has 0 saturated heterocycles. The third-order valence-corrected chi connectivity index (χ3v) is 1.30. The van der Waals surface area contributed by atoms with Crippen LogP contribution in [0.4, 0.5) is 4.70 Å². The number of aliphatic carboxylic acids is 1. The predicted molar refractivity (Wildman–Crippen MR) is 40.4 cm³/mol. The number of H-pyrrole nitrogens is 1. The summed E-state index contributed by atoms with van der Waals surface area (Å²) in [6, 6.07) is -0.863. The van der Waals surface area contributed by atoms with Crippen LogP contribution >= 0.6 is 0 Å². The van der Waals surface area contributed by atoms with Crippen molar-refractivity contribution >= 4 is 5.97 Å². The summed E-state index contributed by atoms with van der Waals surface area (Å²) >= 11 is 0. The normalized spacial score (nSPS) is 11.8. The highest BCUT2D eigenvalue weighted by atomic mass is 19.0. The quantitative estimate of drug-likeness (QED) is 0.578. The van der Waals surface area contributed by atoms with E-state index in [1.807, 2.05) is 0 Å². The first-order valence-corrected chi connectivity index (χ1v) is 3.16. The highest BCUT2D eigenvalue weighted by Gasteiger charge is 2.12. The third kappa shape index (κ3) is 2.67. The SMILES string of the molecule is F.NC(Cc1c[nH]cn1)C(=O)O. The first kappa shape index (κ1) is 10.6. The smallest absolute Gasteiger partial charge is 0.320 e. The van der Waals surface area contributed by atoms with Gasteiger partial charge in [-0.3, -0.25) is 9.50 Å². The van der Waals surface area contributed by atoms with Crippen LogP contribution in [0.15, 0.2) is 12.5 Å². The minimum Gasteiger partial charge on any atom is -0.480 e. The Morgan fingerprint density at radius 3 is 2.92 bits per heavy atom. The lowest BCUT2D eigenvalue weighted by atomic mass is 10.2. The molecule has 0 saturated carbocycles. The maximum Gasteiger partial charge on any atom is 0.320 e. The van der Waals surface area contributed by atoms with Gasteiger partial charge in [0.2, 0.25) is 0 Å². The molecule has 0 aliphatic heterocycles. The number of nitrogens with zero attached hydrogens (tertiary/aromatic N) is 1. The molecule has 0 fully saturated rings. The second-order valence-corrected chi connectivity index (χ2v) is 2.21. The number of aromatic nitrogens is 2. The summed E-state index contributed by atoms with van der Waals surface area (Å²) in [7, 11) is 0. The fraction of sp³-hybridized carbons (Fsp3) is 0.333. The molecule has 1 aromatic heterocycles. The summed E-state index contributed by atoms with van der Waals surface area (Å²) in [5.74, 6) is -1.01. The van der Waals surface area contributed by atoms with Crippen LogP contribution in [0.3, 0.4) is 0 Å². The average Bonchev–Trinajstić information content (AvgIpc) is 2.39. The Kier molecular flexibility index (Phi) is 3.92. The van der Waals surface area contributed by atoms with E-state index in [0.29, 0.717) is 5.69 Å². The predicted octanol–water partition coefficient (Wildman–Crippen LogP) is -0.483. The first-order valence-electron chi connectivity index (χ1n) is 3.16. The zero-order chi connectivity index (χ0) is 8.27. The molecule has 0 bridgehead atoms. The van der Waals surface area contributed by atoms with Crippen LogP contribution < -0.4 is 5.73 Å². The van der Waals surface area contributed by atoms with Gasteiger partial charge in [0.05, 0.1) is 12.0 Å². The van der Waals surface area contributed by atoms with Gasteiger partial charge in [-0.1, -0.05) is 0 Å². The van der Waals surface area contributed by atoms with E-state index in [1.165, 1.54) is 6.33 Å². The molecule has 12 heavy (non-hydrogen) atoms. The van der Waals surface area contributed by atoms with Gasteiger partial charge >= 0.3 is 5.97 Å². The zero-order valence-corrected chi connectivity index (χ0v) is 6.23. The number of imidazole rings is 1. The topological polar surface area (TPSA) is 92.0 Å². The Bertz CT molecular complexity index is 237. The highest BCUT2D eigenvalue weighted by molar-refractivity contribution is 5.73. The molecule has 5 nitrogen and oxygen atoms in total. The van der Waals surface area contributed by atoms with Gasteiger partial charge in [0.15, 0.2) is 0 Å². The van der Waals surface area contributed by atoms with E-state index < -0.39 is 12.0 Å². The number of rotatable bonds is 3. The summed E-state index contributed by atoms with van der Waals surface area (Å²) in [6.07, 6.45) is 3.38. The summed E-state index contributed by atoms with van der Waals surface area (Å²) < 4.78 is 0. The second kappa shape index (κ2) is 4.45. The van der Waals surface area contributed by atoms with Crippen LogP contribution in [0, 0.1) is 0 Å². The molecule has 6 heteroatoms. The van der Waals surface area contributed by atoms with Gasteiger partial charge in [0.25, 0.3) is 0 Å². The molecule has 1 unspecified atom stereocenters. The Labute approximate surface area is 68.0 Å². The van der Waals surface area contributed by atoms with E-state index in [-0.39, 0.29) is 11.1 Å². The number of aromatic amines is 1.